The zero-order valence-electron chi connectivity index (χ0n) is 17.0. The summed E-state index contributed by atoms with van der Waals surface area (Å²) < 4.78 is 25.3. The van der Waals surface area contributed by atoms with Gasteiger partial charge in [0.15, 0.2) is 0 Å². The Labute approximate surface area is 173 Å². The van der Waals surface area contributed by atoms with E-state index in [0.717, 1.165) is 35.8 Å². The summed E-state index contributed by atoms with van der Waals surface area (Å²) >= 11 is 0. The van der Waals surface area contributed by atoms with Gasteiger partial charge < -0.3 is 5.32 Å². The van der Waals surface area contributed by atoms with Crippen molar-refractivity contribution >= 4 is 15.9 Å². The molecule has 156 valence electrons. The van der Waals surface area contributed by atoms with E-state index in [1.165, 1.54) is 25.5 Å². The van der Waals surface area contributed by atoms with Crippen LogP contribution in [0.1, 0.15) is 35.6 Å². The predicted octanol–water partition coefficient (Wildman–Crippen LogP) is 2.53. The summed E-state index contributed by atoms with van der Waals surface area (Å²) in [5.41, 5.74) is 2.87. The van der Waals surface area contributed by atoms with Crippen LogP contribution in [0.2, 0.25) is 0 Å². The van der Waals surface area contributed by atoms with Gasteiger partial charge in [-0.3, -0.25) is 9.69 Å². The molecule has 29 heavy (non-hydrogen) atoms. The first-order valence-corrected chi connectivity index (χ1v) is 11.8. The van der Waals surface area contributed by atoms with Crippen LogP contribution >= 0.6 is 0 Å². The first-order chi connectivity index (χ1) is 13.8. The van der Waals surface area contributed by atoms with Crippen LogP contribution in [-0.4, -0.2) is 49.9 Å². The molecule has 1 aliphatic rings. The lowest BCUT2D eigenvalue weighted by Crippen LogP contribution is -2.41. The van der Waals surface area contributed by atoms with Gasteiger partial charge in [0.1, 0.15) is 6.04 Å². The Morgan fingerprint density at radius 1 is 1.07 bits per heavy atom. The van der Waals surface area contributed by atoms with Crippen molar-refractivity contribution in [2.24, 2.45) is 0 Å². The smallest absolute Gasteiger partial charge is 0.243 e. The normalized spacial score (nSPS) is 16.1. The minimum Gasteiger partial charge on any atom is -0.350 e. The van der Waals surface area contributed by atoms with E-state index in [1.54, 1.807) is 24.3 Å². The highest BCUT2D eigenvalue weighted by Gasteiger charge is 2.30. The Balaban J connectivity index is 1.70. The van der Waals surface area contributed by atoms with E-state index >= 15 is 0 Å². The lowest BCUT2D eigenvalue weighted by Gasteiger charge is -2.25. The molecule has 1 heterocycles. The first kappa shape index (κ1) is 21.5. The van der Waals surface area contributed by atoms with Crippen LogP contribution in [-0.2, 0) is 27.9 Å². The SMILES string of the molecule is CN(C(C(=O)NCc1cccc(CN2CCCC2)c1)c1ccccc1)S(C)(=O)=O. The second kappa shape index (κ2) is 9.52. The number of rotatable bonds is 8. The van der Waals surface area contributed by atoms with E-state index in [9.17, 15) is 13.2 Å². The Bertz CT molecular complexity index is 925. The molecule has 0 radical (unpaired) electrons. The van der Waals surface area contributed by atoms with Crippen LogP contribution in [0, 0.1) is 0 Å². The van der Waals surface area contributed by atoms with Gasteiger partial charge in [-0.2, -0.15) is 4.31 Å². The van der Waals surface area contributed by atoms with Gasteiger partial charge in [-0.1, -0.05) is 54.6 Å². The summed E-state index contributed by atoms with van der Waals surface area (Å²) in [6.45, 7) is 3.55. The summed E-state index contributed by atoms with van der Waals surface area (Å²) in [5, 5.41) is 2.91. The van der Waals surface area contributed by atoms with Crippen LogP contribution in [0.3, 0.4) is 0 Å². The average molecular weight is 416 g/mol. The van der Waals surface area contributed by atoms with Gasteiger partial charge in [0.2, 0.25) is 15.9 Å². The molecule has 1 aliphatic heterocycles. The zero-order chi connectivity index (χ0) is 20.9. The van der Waals surface area contributed by atoms with E-state index < -0.39 is 16.1 Å². The number of sulfonamides is 1. The average Bonchev–Trinajstić information content (AvgIpc) is 3.20. The van der Waals surface area contributed by atoms with Crippen molar-refractivity contribution in [3.63, 3.8) is 0 Å². The Morgan fingerprint density at radius 2 is 1.72 bits per heavy atom. The van der Waals surface area contributed by atoms with E-state index in [4.69, 9.17) is 0 Å². The molecule has 2 aromatic rings. The van der Waals surface area contributed by atoms with Crippen molar-refractivity contribution in [1.29, 1.82) is 0 Å². The molecule has 0 spiro atoms. The Hall–Kier alpha value is -2.22. The van der Waals surface area contributed by atoms with Crippen molar-refractivity contribution < 1.29 is 13.2 Å². The standard InChI is InChI=1S/C22H29N3O3S/c1-24(29(2,27)28)21(20-11-4-3-5-12-20)22(26)23-16-18-9-8-10-19(15-18)17-25-13-6-7-14-25/h3-5,8-12,15,21H,6-7,13-14,16-17H2,1-2H3,(H,23,26). The molecule has 1 saturated heterocycles. The van der Waals surface area contributed by atoms with Gasteiger partial charge >= 0.3 is 0 Å². The Morgan fingerprint density at radius 3 is 2.38 bits per heavy atom. The maximum atomic E-state index is 12.9. The number of hydrogen-bond donors (Lipinski definition) is 1. The van der Waals surface area contributed by atoms with E-state index in [0.29, 0.717) is 12.1 Å². The number of amides is 1. The van der Waals surface area contributed by atoms with Gasteiger partial charge in [0.25, 0.3) is 0 Å². The number of carbonyl (C=O) groups excluding carboxylic acids is 1. The summed E-state index contributed by atoms with van der Waals surface area (Å²) in [4.78, 5) is 15.4. The van der Waals surface area contributed by atoms with Crippen molar-refractivity contribution in [3.05, 3.63) is 71.3 Å². The van der Waals surface area contributed by atoms with Crippen LogP contribution in [0.15, 0.2) is 54.6 Å². The fourth-order valence-corrected chi connectivity index (χ4v) is 4.28. The van der Waals surface area contributed by atoms with E-state index in [-0.39, 0.29) is 5.91 Å². The fraction of sp³-hybridized carbons (Fsp3) is 0.409. The number of likely N-dealkylation sites (N-methyl/N-ethyl adjacent to an activating group) is 1. The molecular formula is C22H29N3O3S. The molecule has 2 aromatic carbocycles. The number of benzene rings is 2. The van der Waals surface area contributed by atoms with Crippen LogP contribution in [0.4, 0.5) is 0 Å². The number of nitrogens with zero attached hydrogens (tertiary/aromatic N) is 2. The summed E-state index contributed by atoms with van der Waals surface area (Å²) in [6.07, 6.45) is 3.62. The highest BCUT2D eigenvalue weighted by Crippen LogP contribution is 2.22. The topological polar surface area (TPSA) is 69.7 Å². The molecule has 3 rings (SSSR count). The van der Waals surface area contributed by atoms with Gasteiger partial charge in [-0.05, 0) is 42.6 Å². The molecule has 1 unspecified atom stereocenters. The molecule has 1 atom stereocenters. The summed E-state index contributed by atoms with van der Waals surface area (Å²) in [6, 6.07) is 16.3. The van der Waals surface area contributed by atoms with Gasteiger partial charge in [-0.25, -0.2) is 8.42 Å². The Kier molecular flexibility index (Phi) is 7.05. The molecule has 0 aliphatic carbocycles. The van der Waals surface area contributed by atoms with Crippen LogP contribution < -0.4 is 5.32 Å². The first-order valence-electron chi connectivity index (χ1n) is 9.90. The maximum absolute atomic E-state index is 12.9. The second-order valence-electron chi connectivity index (χ2n) is 7.61. The third-order valence-electron chi connectivity index (χ3n) is 5.31. The van der Waals surface area contributed by atoms with Crippen LogP contribution in [0.25, 0.3) is 0 Å². The number of hydrogen-bond acceptors (Lipinski definition) is 4. The molecule has 1 fully saturated rings. The second-order valence-corrected chi connectivity index (χ2v) is 9.66. The van der Waals surface area contributed by atoms with E-state index in [2.05, 4.69) is 22.3 Å². The predicted molar refractivity (Wildman–Crippen MR) is 115 cm³/mol. The van der Waals surface area contributed by atoms with Gasteiger partial charge in [0, 0.05) is 20.1 Å². The fourth-order valence-electron chi connectivity index (χ4n) is 3.68. The lowest BCUT2D eigenvalue weighted by atomic mass is 10.1. The van der Waals surface area contributed by atoms with Crippen molar-refractivity contribution in [1.82, 2.24) is 14.5 Å². The van der Waals surface area contributed by atoms with Crippen molar-refractivity contribution in [2.45, 2.75) is 32.0 Å². The highest BCUT2D eigenvalue weighted by molar-refractivity contribution is 7.88. The third kappa shape index (κ3) is 5.88. The lowest BCUT2D eigenvalue weighted by molar-refractivity contribution is -0.124. The van der Waals surface area contributed by atoms with Crippen LogP contribution in [0.5, 0.6) is 0 Å². The summed E-state index contributed by atoms with van der Waals surface area (Å²) in [7, 11) is -2.10. The number of likely N-dealkylation sites (tertiary alicyclic amines) is 1. The minimum atomic E-state index is -3.53. The van der Waals surface area contributed by atoms with Gasteiger partial charge in [0.05, 0.1) is 6.26 Å². The maximum Gasteiger partial charge on any atom is 0.243 e. The molecule has 1 N–H and O–H groups in total. The zero-order valence-corrected chi connectivity index (χ0v) is 17.9. The van der Waals surface area contributed by atoms with Crippen molar-refractivity contribution in [3.8, 4) is 0 Å². The monoisotopic (exact) mass is 415 g/mol. The molecule has 0 saturated carbocycles. The molecule has 6 nitrogen and oxygen atoms in total. The quantitative estimate of drug-likeness (QED) is 0.719. The highest BCUT2D eigenvalue weighted by atomic mass is 32.2. The van der Waals surface area contributed by atoms with Gasteiger partial charge in [-0.15, -0.1) is 0 Å². The largest absolute Gasteiger partial charge is 0.350 e. The minimum absolute atomic E-state index is 0.339. The molecule has 1 amide bonds. The third-order valence-corrected chi connectivity index (χ3v) is 6.57. The molecule has 0 aromatic heterocycles. The molecular weight excluding hydrogens is 386 g/mol. The molecule has 0 bridgehead atoms. The van der Waals surface area contributed by atoms with Crippen molar-refractivity contribution in [2.75, 3.05) is 26.4 Å². The summed E-state index contributed by atoms with van der Waals surface area (Å²) in [5.74, 6) is -0.339. The number of nitrogens with one attached hydrogen (secondary N) is 1. The number of carbonyl (C=O) groups is 1. The molecule has 7 heteroatoms. The van der Waals surface area contributed by atoms with E-state index in [1.807, 2.05) is 18.2 Å².